The molecule has 1 N–H and O–H groups in total. The van der Waals surface area contributed by atoms with Gasteiger partial charge in [0.15, 0.2) is 0 Å². The molecule has 368 valence electrons. The molecule has 10 atom stereocenters. The van der Waals surface area contributed by atoms with Crippen LogP contribution in [0.5, 0.6) is 0 Å². The number of aliphatic hydroxyl groups is 1. The van der Waals surface area contributed by atoms with E-state index >= 15 is 0 Å². The summed E-state index contributed by atoms with van der Waals surface area (Å²) >= 11 is 0. The van der Waals surface area contributed by atoms with Crippen molar-refractivity contribution in [3.05, 3.63) is 83.5 Å². The molecule has 0 spiro atoms. The average Bonchev–Trinajstić information content (AvgIpc) is 3.85. The fraction of sp³-hybridized carbons (Fsp3) is 0.692. The van der Waals surface area contributed by atoms with Gasteiger partial charge < -0.3 is 47.6 Å². The van der Waals surface area contributed by atoms with Crippen molar-refractivity contribution >= 4 is 30.6 Å². The van der Waals surface area contributed by atoms with Crippen LogP contribution in [0.2, 0.25) is 5.04 Å². The zero-order valence-corrected chi connectivity index (χ0v) is 41.9. The smallest absolute Gasteiger partial charge is 0.311 e. The predicted octanol–water partition coefficient (Wildman–Crippen LogP) is 8.81. The normalized spacial score (nSPS) is 28.1. The summed E-state index contributed by atoms with van der Waals surface area (Å²) < 4.78 is 43.5. The molecule has 0 saturated carbocycles. The van der Waals surface area contributed by atoms with Gasteiger partial charge in [-0.2, -0.15) is 0 Å². The van der Waals surface area contributed by atoms with Crippen LogP contribution in [-0.2, 0) is 42.4 Å². The number of fused-ring (bicyclic) bond motifs is 2. The molecule has 0 bridgehead atoms. The highest BCUT2D eigenvalue weighted by Crippen LogP contribution is 2.47. The Labute approximate surface area is 396 Å². The molecule has 2 aromatic rings. The summed E-state index contributed by atoms with van der Waals surface area (Å²) in [6.07, 6.45) is 8.27. The number of esters is 2. The second-order valence-corrected chi connectivity index (χ2v) is 25.2. The number of hydrogen-bond acceptors (Lipinski definition) is 10. The van der Waals surface area contributed by atoms with Crippen LogP contribution in [0.1, 0.15) is 134 Å². The summed E-state index contributed by atoms with van der Waals surface area (Å²) in [5.74, 6) is -0.426. The Morgan fingerprint density at radius 3 is 1.74 bits per heavy atom. The van der Waals surface area contributed by atoms with Crippen LogP contribution in [-0.4, -0.2) is 112 Å². The van der Waals surface area contributed by atoms with Gasteiger partial charge in [0.25, 0.3) is 8.32 Å². The molecule has 4 aliphatic heterocycles. The van der Waals surface area contributed by atoms with Crippen molar-refractivity contribution in [1.82, 2.24) is 0 Å². The third-order valence-corrected chi connectivity index (χ3v) is 18.6. The molecule has 0 aromatic heterocycles. The SMILES string of the molecule is F.[2HH].[C-]#[N+][C@H](C)C[C@H]1CC[C@@H]2OC(CCC(=O)OC)C[C@]2(CO)O1.[C-]#[N+][C@H](C)C[C@H]1CC[C@@H]2O[C@@H](CCCOC(=O)C(C)(C)C)C[C@]2(CO[Si](c2ccccc2)(c2ccccc2)C(C)(C)C)O1. The van der Waals surface area contributed by atoms with E-state index in [1.165, 1.54) is 17.5 Å². The van der Waals surface area contributed by atoms with Crippen LogP contribution in [0.15, 0.2) is 60.7 Å². The highest BCUT2D eigenvalue weighted by atomic mass is 28.4. The summed E-state index contributed by atoms with van der Waals surface area (Å²) in [5, 5.41) is 12.2. The van der Waals surface area contributed by atoms with E-state index in [1.54, 1.807) is 0 Å². The van der Waals surface area contributed by atoms with E-state index in [0.29, 0.717) is 45.3 Å². The first kappa shape index (κ1) is 54.9. The van der Waals surface area contributed by atoms with Gasteiger partial charge in [-0.15, -0.1) is 0 Å². The number of ether oxygens (including phenoxy) is 6. The minimum atomic E-state index is -2.78. The number of nitrogens with zero attached hydrogens (tertiary/aromatic N) is 2. The van der Waals surface area contributed by atoms with Crippen LogP contribution in [0.4, 0.5) is 4.70 Å². The fourth-order valence-electron chi connectivity index (χ4n) is 10.2. The summed E-state index contributed by atoms with van der Waals surface area (Å²) in [6.45, 7) is 31.7. The first-order chi connectivity index (χ1) is 30.8. The largest absolute Gasteiger partial charge is 0.469 e. The summed E-state index contributed by atoms with van der Waals surface area (Å²) in [4.78, 5) is 30.8. The van der Waals surface area contributed by atoms with Crippen molar-refractivity contribution in [3.8, 4) is 0 Å². The van der Waals surface area contributed by atoms with E-state index in [2.05, 4.69) is 95.9 Å². The van der Waals surface area contributed by atoms with Gasteiger partial charge in [-0.25, -0.2) is 13.1 Å². The minimum absolute atomic E-state index is 0. The van der Waals surface area contributed by atoms with Crippen molar-refractivity contribution in [2.45, 2.75) is 197 Å². The Morgan fingerprint density at radius 1 is 0.788 bits per heavy atom. The molecular formula is C52H79FN2O10Si. The number of rotatable bonds is 17. The zero-order valence-electron chi connectivity index (χ0n) is 40.9. The fourth-order valence-corrected chi connectivity index (χ4v) is 14.8. The molecule has 0 radical (unpaired) electrons. The van der Waals surface area contributed by atoms with Crippen molar-refractivity contribution in [2.75, 3.05) is 26.9 Å². The van der Waals surface area contributed by atoms with E-state index in [1.807, 2.05) is 34.6 Å². The standard InChI is InChI=1S/C36H51NO5Si.C16H25NO5.FH.H2/c1-27(37-8)24-28-21-22-32-36(42-28,25-29(41-32)16-15-23-39-33(38)34(2,3)4)26-40-43(35(5,6)7,30-17-11-9-12-18-30)31-19-13-10-14-20-31;1-11(17-2)8-12-4-6-14-16(10-18,22-12)9-13(21-14)5-7-15(19)20-3;;/h9-14,17-20,27-29,32H,15-16,21-26H2,1-7H3;11-14,18H,4-10H2,1,3H3;2*1H/t27-,28-,29+,32+,36-;11-,12-,13?,14+,16-;;/m11../s1/i;;;1+1. The number of carbonyl (C=O) groups is 2. The molecule has 4 heterocycles. The molecule has 66 heavy (non-hydrogen) atoms. The first-order valence-corrected chi connectivity index (χ1v) is 25.7. The molecule has 14 heteroatoms. The highest BCUT2D eigenvalue weighted by Gasteiger charge is 2.58. The van der Waals surface area contributed by atoms with E-state index in [9.17, 15) is 14.7 Å². The van der Waals surface area contributed by atoms with Gasteiger partial charge in [-0.3, -0.25) is 14.3 Å². The molecule has 6 rings (SSSR count). The Hall–Kier alpha value is -3.73. The van der Waals surface area contributed by atoms with Crippen molar-refractivity contribution in [1.29, 1.82) is 0 Å². The molecular weight excluding hydrogens is 860 g/mol. The van der Waals surface area contributed by atoms with Crippen LogP contribution < -0.4 is 10.4 Å². The lowest BCUT2D eigenvalue weighted by Crippen LogP contribution is -2.68. The molecule has 12 nitrogen and oxygen atoms in total. The molecule has 4 saturated heterocycles. The Kier molecular flexibility index (Phi) is 20.0. The van der Waals surface area contributed by atoms with E-state index < -0.39 is 24.9 Å². The minimum Gasteiger partial charge on any atom is -0.469 e. The number of aliphatic hydroxyl groups excluding tert-OH is 1. The first-order valence-electron chi connectivity index (χ1n) is 23.8. The second kappa shape index (κ2) is 24.0. The lowest BCUT2D eigenvalue weighted by Gasteiger charge is -2.47. The van der Waals surface area contributed by atoms with Gasteiger partial charge in [-0.1, -0.05) is 81.4 Å². The van der Waals surface area contributed by atoms with Gasteiger partial charge in [-0.05, 0) is 81.1 Å². The van der Waals surface area contributed by atoms with Crippen molar-refractivity contribution in [3.63, 3.8) is 0 Å². The van der Waals surface area contributed by atoms with Crippen LogP contribution in [0.3, 0.4) is 0 Å². The van der Waals surface area contributed by atoms with Gasteiger partial charge in [0.2, 0.25) is 12.1 Å². The molecule has 0 aliphatic carbocycles. The van der Waals surface area contributed by atoms with Crippen LogP contribution in [0.25, 0.3) is 9.69 Å². The third kappa shape index (κ3) is 13.5. The molecule has 2 aromatic carbocycles. The third-order valence-electron chi connectivity index (χ3n) is 13.6. The monoisotopic (exact) mass is 940 g/mol. The van der Waals surface area contributed by atoms with Gasteiger partial charge >= 0.3 is 11.9 Å². The van der Waals surface area contributed by atoms with Gasteiger partial charge in [0, 0.05) is 47.4 Å². The molecule has 4 aliphatic rings. The topological polar surface area (TPSA) is 128 Å². The molecule has 4 fully saturated rings. The Bertz CT molecular complexity index is 1880. The zero-order chi connectivity index (χ0) is 47.5. The number of hydrogen-bond donors (Lipinski definition) is 1. The van der Waals surface area contributed by atoms with Crippen molar-refractivity contribution in [2.24, 2.45) is 5.41 Å². The van der Waals surface area contributed by atoms with Gasteiger partial charge in [0.05, 0.1) is 69.0 Å². The highest BCUT2D eigenvalue weighted by molar-refractivity contribution is 6.99. The summed E-state index contributed by atoms with van der Waals surface area (Å²) in [5.41, 5.74) is -1.78. The number of methoxy groups -OCH3 is 1. The van der Waals surface area contributed by atoms with Crippen LogP contribution in [0, 0.1) is 18.6 Å². The summed E-state index contributed by atoms with van der Waals surface area (Å²) in [7, 11) is -1.41. The lowest BCUT2D eigenvalue weighted by atomic mass is 9.85. The maximum absolute atomic E-state index is 12.3. The molecule has 1 unspecified atom stereocenters. The quantitative estimate of drug-likeness (QED) is 0.0712. The van der Waals surface area contributed by atoms with Crippen molar-refractivity contribution < 1.29 is 53.7 Å². The second-order valence-electron chi connectivity index (χ2n) is 20.8. The average molecular weight is 940 g/mol. The van der Waals surface area contributed by atoms with Crippen LogP contribution >= 0.6 is 0 Å². The Morgan fingerprint density at radius 2 is 1.27 bits per heavy atom. The lowest BCUT2D eigenvalue weighted by molar-refractivity contribution is -0.184. The van der Waals surface area contributed by atoms with E-state index in [4.69, 9.17) is 41.3 Å². The number of carbonyl (C=O) groups excluding carboxylic acids is 2. The Balaban J connectivity index is 0.000000419. The van der Waals surface area contributed by atoms with E-state index in [0.717, 1.165) is 44.9 Å². The maximum atomic E-state index is 12.3. The predicted molar refractivity (Wildman–Crippen MR) is 258 cm³/mol. The van der Waals surface area contributed by atoms with E-state index in [-0.39, 0.29) is 78.4 Å². The number of halogens is 1. The van der Waals surface area contributed by atoms with Gasteiger partial charge in [0.1, 0.15) is 11.2 Å². The maximum Gasteiger partial charge on any atom is 0.311 e. The summed E-state index contributed by atoms with van der Waals surface area (Å²) in [6, 6.07) is 21.3. The molecule has 0 amide bonds. The number of benzene rings is 2.